The number of hydrogen-bond donors (Lipinski definition) is 1. The van der Waals surface area contributed by atoms with Gasteiger partial charge in [-0.2, -0.15) is 0 Å². The van der Waals surface area contributed by atoms with Gasteiger partial charge in [-0.25, -0.2) is 4.39 Å². The highest BCUT2D eigenvalue weighted by Gasteiger charge is 2.26. The van der Waals surface area contributed by atoms with E-state index >= 15 is 0 Å². The van der Waals surface area contributed by atoms with Crippen molar-refractivity contribution in [2.75, 3.05) is 0 Å². The maximum absolute atomic E-state index is 13.2. The van der Waals surface area contributed by atoms with E-state index in [2.05, 4.69) is 24.4 Å². The first-order chi connectivity index (χ1) is 13.8. The van der Waals surface area contributed by atoms with Crippen LogP contribution in [0.15, 0.2) is 48.5 Å². The monoisotopic (exact) mass is 398 g/mol. The fourth-order valence-corrected chi connectivity index (χ4v) is 3.11. The van der Waals surface area contributed by atoms with Gasteiger partial charge in [0, 0.05) is 19.0 Å². The van der Waals surface area contributed by atoms with Gasteiger partial charge in [0.2, 0.25) is 11.8 Å². The van der Waals surface area contributed by atoms with E-state index in [4.69, 9.17) is 0 Å². The van der Waals surface area contributed by atoms with Gasteiger partial charge < -0.3 is 10.2 Å². The van der Waals surface area contributed by atoms with Crippen LogP contribution in [0.5, 0.6) is 0 Å². The number of benzene rings is 2. The van der Waals surface area contributed by atoms with Crippen molar-refractivity contribution < 1.29 is 14.0 Å². The SMILES string of the molecule is CCc1ccc(CCC(=O)N(Cc2ccc(F)cc2)C(C)C(=O)NC(C)C)cc1. The molecule has 156 valence electrons. The minimum atomic E-state index is -0.613. The molecule has 0 aliphatic rings. The molecule has 5 heteroatoms. The van der Waals surface area contributed by atoms with Gasteiger partial charge in [0.05, 0.1) is 0 Å². The minimum Gasteiger partial charge on any atom is -0.352 e. The second-order valence-electron chi connectivity index (χ2n) is 7.66. The van der Waals surface area contributed by atoms with E-state index in [1.54, 1.807) is 24.0 Å². The minimum absolute atomic E-state index is 0.00944. The molecule has 0 bridgehead atoms. The van der Waals surface area contributed by atoms with Crippen LogP contribution in [0.25, 0.3) is 0 Å². The molecule has 0 saturated heterocycles. The van der Waals surface area contributed by atoms with Crippen LogP contribution in [0.2, 0.25) is 0 Å². The van der Waals surface area contributed by atoms with Crippen LogP contribution >= 0.6 is 0 Å². The number of halogens is 1. The van der Waals surface area contributed by atoms with E-state index < -0.39 is 6.04 Å². The quantitative estimate of drug-likeness (QED) is 0.686. The summed E-state index contributed by atoms with van der Waals surface area (Å²) >= 11 is 0. The first kappa shape index (κ1) is 22.6. The second-order valence-corrected chi connectivity index (χ2v) is 7.66. The number of hydrogen-bond acceptors (Lipinski definition) is 2. The summed E-state index contributed by atoms with van der Waals surface area (Å²) in [6, 6.07) is 13.7. The van der Waals surface area contributed by atoms with Gasteiger partial charge in [-0.1, -0.05) is 43.3 Å². The summed E-state index contributed by atoms with van der Waals surface area (Å²) in [4.78, 5) is 27.1. The number of carbonyl (C=O) groups is 2. The van der Waals surface area contributed by atoms with Gasteiger partial charge in [0.1, 0.15) is 11.9 Å². The van der Waals surface area contributed by atoms with E-state index in [0.717, 1.165) is 17.5 Å². The molecule has 2 amide bonds. The molecule has 1 unspecified atom stereocenters. The van der Waals surface area contributed by atoms with Crippen LogP contribution in [0.4, 0.5) is 4.39 Å². The standard InChI is InChI=1S/C24H31FN2O2/c1-5-19-6-8-20(9-7-19)12-15-23(28)27(18(4)24(29)26-17(2)3)16-21-10-13-22(25)14-11-21/h6-11,13-14,17-18H,5,12,15-16H2,1-4H3,(H,26,29). The first-order valence-corrected chi connectivity index (χ1v) is 10.2. The fourth-order valence-electron chi connectivity index (χ4n) is 3.11. The van der Waals surface area contributed by atoms with E-state index in [1.165, 1.54) is 17.7 Å². The Morgan fingerprint density at radius 3 is 2.03 bits per heavy atom. The number of nitrogens with one attached hydrogen (secondary N) is 1. The van der Waals surface area contributed by atoms with E-state index in [9.17, 15) is 14.0 Å². The maximum atomic E-state index is 13.2. The number of rotatable bonds is 9. The molecule has 0 fully saturated rings. The first-order valence-electron chi connectivity index (χ1n) is 10.2. The third kappa shape index (κ3) is 7.00. The van der Waals surface area contributed by atoms with Crippen molar-refractivity contribution in [3.63, 3.8) is 0 Å². The maximum Gasteiger partial charge on any atom is 0.242 e. The third-order valence-corrected chi connectivity index (χ3v) is 4.92. The normalized spacial score (nSPS) is 11.9. The Balaban J connectivity index is 2.11. The molecule has 29 heavy (non-hydrogen) atoms. The van der Waals surface area contributed by atoms with E-state index in [-0.39, 0.29) is 30.2 Å². The highest BCUT2D eigenvalue weighted by molar-refractivity contribution is 5.87. The summed E-state index contributed by atoms with van der Waals surface area (Å²) in [5.74, 6) is -0.615. The topological polar surface area (TPSA) is 49.4 Å². The molecular formula is C24H31FN2O2. The Morgan fingerprint density at radius 1 is 0.931 bits per heavy atom. The molecule has 0 spiro atoms. The fraction of sp³-hybridized carbons (Fsp3) is 0.417. The number of amides is 2. The summed E-state index contributed by atoms with van der Waals surface area (Å²) in [7, 11) is 0. The zero-order valence-corrected chi connectivity index (χ0v) is 17.7. The Hall–Kier alpha value is -2.69. The van der Waals surface area contributed by atoms with Gasteiger partial charge in [0.15, 0.2) is 0 Å². The van der Waals surface area contributed by atoms with Gasteiger partial charge in [-0.3, -0.25) is 9.59 Å². The zero-order valence-electron chi connectivity index (χ0n) is 17.7. The lowest BCUT2D eigenvalue weighted by Gasteiger charge is -2.29. The molecule has 4 nitrogen and oxygen atoms in total. The Bertz CT molecular complexity index is 801. The predicted octanol–water partition coefficient (Wildman–Crippen LogP) is 4.26. The molecule has 0 saturated carbocycles. The highest BCUT2D eigenvalue weighted by atomic mass is 19.1. The average Bonchev–Trinajstić information content (AvgIpc) is 2.71. The average molecular weight is 399 g/mol. The van der Waals surface area contributed by atoms with Crippen molar-refractivity contribution in [2.45, 2.75) is 65.6 Å². The van der Waals surface area contributed by atoms with Gasteiger partial charge in [0.25, 0.3) is 0 Å². The van der Waals surface area contributed by atoms with Gasteiger partial charge >= 0.3 is 0 Å². The Morgan fingerprint density at radius 2 is 1.48 bits per heavy atom. The van der Waals surface area contributed by atoms with Crippen molar-refractivity contribution in [1.29, 1.82) is 0 Å². The Kier molecular flexibility index (Phi) is 8.37. The molecule has 2 rings (SSSR count). The van der Waals surface area contributed by atoms with Crippen LogP contribution in [0, 0.1) is 5.82 Å². The van der Waals surface area contributed by atoms with Crippen LogP contribution in [0.3, 0.4) is 0 Å². The van der Waals surface area contributed by atoms with Crippen molar-refractivity contribution in [3.05, 3.63) is 71.0 Å². The van der Waals surface area contributed by atoms with E-state index in [0.29, 0.717) is 12.8 Å². The zero-order chi connectivity index (χ0) is 21.4. The summed E-state index contributed by atoms with van der Waals surface area (Å²) in [6.07, 6.45) is 1.90. The lowest BCUT2D eigenvalue weighted by molar-refractivity contribution is -0.140. The number of nitrogens with zero attached hydrogens (tertiary/aromatic N) is 1. The highest BCUT2D eigenvalue weighted by Crippen LogP contribution is 2.14. The summed E-state index contributed by atoms with van der Waals surface area (Å²) in [6.45, 7) is 7.87. The molecule has 0 heterocycles. The van der Waals surface area contributed by atoms with Crippen molar-refractivity contribution in [1.82, 2.24) is 10.2 Å². The van der Waals surface area contributed by atoms with Crippen molar-refractivity contribution in [3.8, 4) is 0 Å². The molecular weight excluding hydrogens is 367 g/mol. The van der Waals surface area contributed by atoms with Crippen LogP contribution < -0.4 is 5.32 Å². The summed E-state index contributed by atoms with van der Waals surface area (Å²) in [5.41, 5.74) is 3.14. The molecule has 0 aliphatic carbocycles. The van der Waals surface area contributed by atoms with Gasteiger partial charge in [-0.05, 0) is 62.4 Å². The van der Waals surface area contributed by atoms with Crippen LogP contribution in [0.1, 0.15) is 50.8 Å². The van der Waals surface area contributed by atoms with E-state index in [1.807, 2.05) is 26.0 Å². The summed E-state index contributed by atoms with van der Waals surface area (Å²) in [5, 5.41) is 2.87. The second kappa shape index (κ2) is 10.7. The molecule has 1 atom stereocenters. The molecule has 1 N–H and O–H groups in total. The lowest BCUT2D eigenvalue weighted by atomic mass is 10.0. The lowest BCUT2D eigenvalue weighted by Crippen LogP contribution is -2.49. The summed E-state index contributed by atoms with van der Waals surface area (Å²) < 4.78 is 13.2. The van der Waals surface area contributed by atoms with Crippen LogP contribution in [-0.4, -0.2) is 28.8 Å². The Labute approximate surface area is 173 Å². The molecule has 0 aliphatic heterocycles. The smallest absolute Gasteiger partial charge is 0.242 e. The van der Waals surface area contributed by atoms with Crippen molar-refractivity contribution >= 4 is 11.8 Å². The van der Waals surface area contributed by atoms with Crippen molar-refractivity contribution in [2.24, 2.45) is 0 Å². The van der Waals surface area contributed by atoms with Crippen LogP contribution in [-0.2, 0) is 29.0 Å². The number of carbonyl (C=O) groups excluding carboxylic acids is 2. The third-order valence-electron chi connectivity index (χ3n) is 4.92. The molecule has 2 aromatic rings. The molecule has 2 aromatic carbocycles. The molecule has 0 aromatic heterocycles. The van der Waals surface area contributed by atoms with Gasteiger partial charge in [-0.15, -0.1) is 0 Å². The largest absolute Gasteiger partial charge is 0.352 e. The predicted molar refractivity (Wildman–Crippen MR) is 114 cm³/mol. The number of aryl methyl sites for hydroxylation is 2. The molecule has 0 radical (unpaired) electrons.